The number of aromatic nitrogens is 2. The Balaban J connectivity index is 1.56. The van der Waals surface area contributed by atoms with Crippen LogP contribution in [0.3, 0.4) is 0 Å². The number of aryl methyl sites for hydroxylation is 2. The molecule has 2 heterocycles. The van der Waals surface area contributed by atoms with Crippen LogP contribution in [0.15, 0.2) is 89.7 Å². The maximum absolute atomic E-state index is 14.0. The first-order valence-corrected chi connectivity index (χ1v) is 11.6. The largest absolute Gasteiger partial charge is 0.294 e. The van der Waals surface area contributed by atoms with Gasteiger partial charge in [0.1, 0.15) is 5.82 Å². The van der Waals surface area contributed by atoms with Crippen LogP contribution in [0.1, 0.15) is 45.4 Å². The summed E-state index contributed by atoms with van der Waals surface area (Å²) in [4.78, 5) is 21.3. The summed E-state index contributed by atoms with van der Waals surface area (Å²) in [5, 5.41) is 0. The molecule has 0 radical (unpaired) electrons. The summed E-state index contributed by atoms with van der Waals surface area (Å²) >= 11 is 0. The number of fused-ring (bicyclic) bond motifs is 1. The number of benzene rings is 3. The van der Waals surface area contributed by atoms with Gasteiger partial charge in [-0.3, -0.25) is 14.3 Å². The van der Waals surface area contributed by atoms with Crippen molar-refractivity contribution in [1.29, 1.82) is 0 Å². The van der Waals surface area contributed by atoms with Crippen LogP contribution in [-0.2, 0) is 19.5 Å². The monoisotopic (exact) mass is 435 g/mol. The summed E-state index contributed by atoms with van der Waals surface area (Å²) < 4.78 is 1.89. The molecule has 3 aromatic carbocycles. The maximum atomic E-state index is 14.0. The van der Waals surface area contributed by atoms with E-state index in [1.165, 1.54) is 11.1 Å². The Kier molecular flexibility index (Phi) is 5.93. The van der Waals surface area contributed by atoms with Gasteiger partial charge in [-0.1, -0.05) is 90.5 Å². The second kappa shape index (κ2) is 9.16. The molecule has 0 unspecified atom stereocenters. The van der Waals surface area contributed by atoms with Crippen molar-refractivity contribution in [3.05, 3.63) is 135 Å². The molecular formula is C29H29N3O. The molecule has 1 aliphatic heterocycles. The standard InChI is InChI=1S/C29H29N3O/c1-21-10-9-11-23(18-21)19-31-17-16-27-26(20-31)29(33)32(22(2)30-27)28(24-12-5-3-6-13-24)25-14-7-4-8-15-25/h3-15,18,28H,16-17,19-20H2,1-2H3. The van der Waals surface area contributed by atoms with E-state index >= 15 is 0 Å². The Morgan fingerprint density at radius 1 is 0.879 bits per heavy atom. The van der Waals surface area contributed by atoms with Crippen molar-refractivity contribution in [1.82, 2.24) is 14.5 Å². The average Bonchev–Trinajstić information content (AvgIpc) is 2.83. The molecule has 166 valence electrons. The van der Waals surface area contributed by atoms with Gasteiger partial charge in [0.2, 0.25) is 0 Å². The van der Waals surface area contributed by atoms with Crippen LogP contribution in [0.2, 0.25) is 0 Å². The summed E-state index contributed by atoms with van der Waals surface area (Å²) in [5.74, 6) is 0.767. The van der Waals surface area contributed by atoms with Crippen molar-refractivity contribution in [2.75, 3.05) is 6.54 Å². The molecule has 4 aromatic rings. The van der Waals surface area contributed by atoms with E-state index in [0.29, 0.717) is 6.54 Å². The highest BCUT2D eigenvalue weighted by Gasteiger charge is 2.26. The normalized spacial score (nSPS) is 13.8. The molecule has 0 atom stereocenters. The third-order valence-electron chi connectivity index (χ3n) is 6.49. The van der Waals surface area contributed by atoms with Crippen molar-refractivity contribution in [2.24, 2.45) is 0 Å². The predicted octanol–water partition coefficient (Wildman–Crippen LogP) is 5.06. The van der Waals surface area contributed by atoms with Crippen molar-refractivity contribution < 1.29 is 0 Å². The molecule has 0 fully saturated rings. The minimum absolute atomic E-state index is 0.0733. The highest BCUT2D eigenvalue weighted by atomic mass is 16.1. The predicted molar refractivity (Wildman–Crippen MR) is 132 cm³/mol. The quantitative estimate of drug-likeness (QED) is 0.440. The fraction of sp³-hybridized carbons (Fsp3) is 0.241. The summed E-state index contributed by atoms with van der Waals surface area (Å²) in [6.07, 6.45) is 0.805. The van der Waals surface area contributed by atoms with E-state index < -0.39 is 0 Å². The van der Waals surface area contributed by atoms with Gasteiger partial charge in [0.15, 0.2) is 0 Å². The van der Waals surface area contributed by atoms with Gasteiger partial charge in [0.25, 0.3) is 5.56 Å². The Bertz CT molecular complexity index is 1270. The lowest BCUT2D eigenvalue weighted by molar-refractivity contribution is 0.240. The first-order chi connectivity index (χ1) is 16.1. The summed E-state index contributed by atoms with van der Waals surface area (Å²) in [6.45, 7) is 6.46. The topological polar surface area (TPSA) is 38.1 Å². The molecule has 0 spiro atoms. The molecule has 0 N–H and O–H groups in total. The van der Waals surface area contributed by atoms with E-state index in [9.17, 15) is 4.79 Å². The maximum Gasteiger partial charge on any atom is 0.259 e. The first-order valence-electron chi connectivity index (χ1n) is 11.6. The Morgan fingerprint density at radius 2 is 1.55 bits per heavy atom. The van der Waals surface area contributed by atoms with Crippen LogP contribution in [-0.4, -0.2) is 21.0 Å². The molecule has 0 amide bonds. The van der Waals surface area contributed by atoms with Gasteiger partial charge in [-0.25, -0.2) is 4.98 Å². The molecule has 4 heteroatoms. The van der Waals surface area contributed by atoms with Crippen LogP contribution in [0, 0.1) is 13.8 Å². The number of rotatable bonds is 5. The second-order valence-electron chi connectivity index (χ2n) is 8.93. The van der Waals surface area contributed by atoms with E-state index in [0.717, 1.165) is 47.7 Å². The van der Waals surface area contributed by atoms with E-state index in [4.69, 9.17) is 4.98 Å². The molecule has 33 heavy (non-hydrogen) atoms. The Labute approximate surface area is 195 Å². The van der Waals surface area contributed by atoms with Crippen LogP contribution in [0.4, 0.5) is 0 Å². The third kappa shape index (κ3) is 4.39. The van der Waals surface area contributed by atoms with Crippen LogP contribution >= 0.6 is 0 Å². The molecule has 1 aromatic heterocycles. The fourth-order valence-electron chi connectivity index (χ4n) is 4.93. The average molecular weight is 436 g/mol. The van der Waals surface area contributed by atoms with E-state index in [1.54, 1.807) is 0 Å². The van der Waals surface area contributed by atoms with E-state index in [-0.39, 0.29) is 11.6 Å². The lowest BCUT2D eigenvalue weighted by Gasteiger charge is -2.30. The first kappa shape index (κ1) is 21.4. The minimum atomic E-state index is -0.204. The molecule has 0 bridgehead atoms. The molecule has 5 rings (SSSR count). The summed E-state index contributed by atoms with van der Waals surface area (Å²) in [7, 11) is 0. The minimum Gasteiger partial charge on any atom is -0.294 e. The van der Waals surface area contributed by atoms with Crippen molar-refractivity contribution >= 4 is 0 Å². The van der Waals surface area contributed by atoms with Crippen LogP contribution < -0.4 is 5.56 Å². The number of hydrogen-bond acceptors (Lipinski definition) is 3. The fourth-order valence-corrected chi connectivity index (χ4v) is 4.93. The SMILES string of the molecule is Cc1cccc(CN2CCc3nc(C)n(C(c4ccccc4)c4ccccc4)c(=O)c3C2)c1. The van der Waals surface area contributed by atoms with Gasteiger partial charge >= 0.3 is 0 Å². The smallest absolute Gasteiger partial charge is 0.259 e. The number of hydrogen-bond donors (Lipinski definition) is 0. The zero-order valence-electron chi connectivity index (χ0n) is 19.2. The highest BCUT2D eigenvalue weighted by molar-refractivity contribution is 5.35. The Morgan fingerprint density at radius 3 is 2.18 bits per heavy atom. The van der Waals surface area contributed by atoms with Gasteiger partial charge < -0.3 is 0 Å². The van der Waals surface area contributed by atoms with Gasteiger partial charge in [0.05, 0.1) is 17.3 Å². The number of nitrogens with zero attached hydrogens (tertiary/aromatic N) is 3. The third-order valence-corrected chi connectivity index (χ3v) is 6.49. The van der Waals surface area contributed by atoms with Crippen molar-refractivity contribution in [3.63, 3.8) is 0 Å². The van der Waals surface area contributed by atoms with Crippen LogP contribution in [0.5, 0.6) is 0 Å². The van der Waals surface area contributed by atoms with Gasteiger partial charge in [-0.15, -0.1) is 0 Å². The van der Waals surface area contributed by atoms with Crippen LogP contribution in [0.25, 0.3) is 0 Å². The van der Waals surface area contributed by atoms with Crippen molar-refractivity contribution in [2.45, 2.75) is 39.4 Å². The zero-order chi connectivity index (χ0) is 22.8. The molecule has 0 saturated carbocycles. The molecule has 0 aliphatic carbocycles. The lowest BCUT2D eigenvalue weighted by Crippen LogP contribution is -2.40. The summed E-state index contributed by atoms with van der Waals surface area (Å²) in [6, 6.07) is 28.9. The molecule has 4 nitrogen and oxygen atoms in total. The highest BCUT2D eigenvalue weighted by Crippen LogP contribution is 2.27. The Hall–Kier alpha value is -3.50. The molecular weight excluding hydrogens is 406 g/mol. The summed E-state index contributed by atoms with van der Waals surface area (Å²) in [5.41, 5.74) is 6.57. The van der Waals surface area contributed by atoms with E-state index in [1.807, 2.05) is 47.9 Å². The second-order valence-corrected chi connectivity index (χ2v) is 8.93. The van der Waals surface area contributed by atoms with Crippen molar-refractivity contribution in [3.8, 4) is 0 Å². The van der Waals surface area contributed by atoms with Gasteiger partial charge in [-0.05, 0) is 30.5 Å². The lowest BCUT2D eigenvalue weighted by atomic mass is 9.97. The zero-order valence-corrected chi connectivity index (χ0v) is 19.2. The van der Waals surface area contributed by atoms with Gasteiger partial charge in [0, 0.05) is 26.1 Å². The van der Waals surface area contributed by atoms with Gasteiger partial charge in [-0.2, -0.15) is 0 Å². The molecule has 0 saturated heterocycles. The molecule has 1 aliphatic rings. The van der Waals surface area contributed by atoms with E-state index in [2.05, 4.69) is 60.4 Å².